The van der Waals surface area contributed by atoms with Crippen molar-refractivity contribution >= 4 is 0 Å². The van der Waals surface area contributed by atoms with Crippen molar-refractivity contribution in [2.45, 2.75) is 59.6 Å². The summed E-state index contributed by atoms with van der Waals surface area (Å²) in [5, 5.41) is 0. The first kappa shape index (κ1) is 7.86. The van der Waals surface area contributed by atoms with Crippen LogP contribution < -0.4 is 0 Å². The van der Waals surface area contributed by atoms with Crippen LogP contribution in [-0.4, -0.2) is 24.8 Å². The van der Waals surface area contributed by atoms with E-state index in [1.807, 2.05) is 13.8 Å². The van der Waals surface area contributed by atoms with Gasteiger partial charge in [0.05, 0.1) is 15.3 Å². The lowest BCUT2D eigenvalue weighted by Gasteiger charge is -2.33. The highest BCUT2D eigenvalue weighted by atomic mass is 16.5. The molecule has 1 atom stereocenters. The molecule has 0 N–H and O–H groups in total. The molecule has 0 aliphatic heterocycles. The monoisotopic (exact) mass is 219 g/mol. The summed E-state index contributed by atoms with van der Waals surface area (Å²) in [7, 11) is -1.38. The second kappa shape index (κ2) is 5.13. The van der Waals surface area contributed by atoms with E-state index in [1.165, 1.54) is 0 Å². The molecule has 0 radical (unpaired) electrons. The molecule has 0 aromatic carbocycles. The van der Waals surface area contributed by atoms with Gasteiger partial charge in [-0.3, -0.25) is 0 Å². The molecule has 1 unspecified atom stereocenters. The minimum atomic E-state index is -1.38. The molecular weight excluding hydrogens is 188 g/mol. The van der Waals surface area contributed by atoms with Crippen LogP contribution >= 0.6 is 0 Å². The minimum Gasteiger partial charge on any atom is -0.374 e. The average Bonchev–Trinajstić information content (AvgIpc) is 2.24. The van der Waals surface area contributed by atoms with E-state index < -0.39 is 31.7 Å². The van der Waals surface area contributed by atoms with Gasteiger partial charge in [0, 0.05) is 16.4 Å². The molecule has 0 amide bonds. The lowest BCUT2D eigenvalue weighted by atomic mass is 9.87. The quantitative estimate of drug-likeness (QED) is 0.658. The third kappa shape index (κ3) is 3.62. The van der Waals surface area contributed by atoms with Crippen molar-refractivity contribution in [3.63, 3.8) is 0 Å². The summed E-state index contributed by atoms with van der Waals surface area (Å²) in [4.78, 5) is 0. The van der Waals surface area contributed by atoms with E-state index in [2.05, 4.69) is 0 Å². The number of hydrogen-bond acceptors (Lipinski definition) is 2. The van der Waals surface area contributed by atoms with Crippen LogP contribution in [0, 0.1) is 0 Å². The van der Waals surface area contributed by atoms with E-state index in [-0.39, 0.29) is 0 Å². The summed E-state index contributed by atoms with van der Waals surface area (Å²) in [6.07, 6.45) is 0. The lowest BCUT2D eigenvalue weighted by Crippen LogP contribution is -2.32. The molecule has 90 valence electrons. The van der Waals surface area contributed by atoms with Crippen LogP contribution in [0.1, 0.15) is 55.3 Å². The van der Waals surface area contributed by atoms with Crippen LogP contribution in [0.15, 0.2) is 11.1 Å². The highest BCUT2D eigenvalue weighted by molar-refractivity contribution is 5.25. The molecule has 0 bridgehead atoms. The Bertz CT molecular complexity index is 351. The van der Waals surface area contributed by atoms with Gasteiger partial charge in [0.25, 0.3) is 0 Å². The van der Waals surface area contributed by atoms with Crippen LogP contribution in [0.2, 0.25) is 0 Å². The van der Waals surface area contributed by atoms with Crippen LogP contribution in [0.25, 0.3) is 0 Å². The summed E-state index contributed by atoms with van der Waals surface area (Å²) >= 11 is 0. The van der Waals surface area contributed by atoms with Crippen molar-refractivity contribution in [2.24, 2.45) is 0 Å². The maximum Gasteiger partial charge on any atom is 0.0836 e. The molecule has 15 heavy (non-hydrogen) atoms. The minimum absolute atomic E-state index is 0.794. The van der Waals surface area contributed by atoms with Crippen molar-refractivity contribution < 1.29 is 16.3 Å². The van der Waals surface area contributed by atoms with Crippen molar-refractivity contribution in [2.75, 3.05) is 13.6 Å². The Kier molecular flexibility index (Phi) is 2.69. The summed E-state index contributed by atoms with van der Waals surface area (Å²) in [6.45, 7) is 8.12. The summed E-state index contributed by atoms with van der Waals surface area (Å²) in [5.41, 5.74) is 0.00107. The van der Waals surface area contributed by atoms with Gasteiger partial charge in [-0.2, -0.15) is 0 Å². The maximum atomic E-state index is 7.57. The van der Waals surface area contributed by atoms with E-state index >= 15 is 0 Å². The second-order valence-corrected chi connectivity index (χ2v) is 4.64. The topological polar surface area (TPSA) is 18.5 Å². The molecular formula is C13H26O2. The van der Waals surface area contributed by atoms with Crippen LogP contribution in [0.3, 0.4) is 0 Å². The van der Waals surface area contributed by atoms with Crippen molar-refractivity contribution in [3.05, 3.63) is 11.1 Å². The Balaban J connectivity index is 5.25. The molecule has 0 aliphatic carbocycles. The van der Waals surface area contributed by atoms with Crippen molar-refractivity contribution in [1.29, 1.82) is 0 Å². The van der Waals surface area contributed by atoms with E-state index in [9.17, 15) is 0 Å². The zero-order chi connectivity index (χ0) is 16.3. The highest BCUT2D eigenvalue weighted by Crippen LogP contribution is 2.30. The predicted octanol–water partition coefficient (Wildman–Crippen LogP) is 3.56. The average molecular weight is 219 g/mol. The fourth-order valence-corrected chi connectivity index (χ4v) is 1.25. The SMILES string of the molecule is [2H]C([2H])OC(C)(C)/C(C)=C(/C)C(C)(C)OC([2H])C([2H])[2H]. The first-order valence-electron chi connectivity index (χ1n) is 7.85. The molecule has 2 heteroatoms. The molecule has 0 aromatic rings. The van der Waals surface area contributed by atoms with Crippen LogP contribution in [-0.2, 0) is 9.47 Å². The molecule has 0 saturated heterocycles. The number of rotatable bonds is 5. The van der Waals surface area contributed by atoms with Gasteiger partial charge in [-0.05, 0) is 59.6 Å². The summed E-state index contributed by atoms with van der Waals surface area (Å²) in [5.74, 6) is 0. The first-order chi connectivity index (χ1) is 8.81. The van der Waals surface area contributed by atoms with Crippen LogP contribution in [0.5, 0.6) is 0 Å². The van der Waals surface area contributed by atoms with Crippen molar-refractivity contribution in [1.82, 2.24) is 0 Å². The van der Waals surface area contributed by atoms with Gasteiger partial charge in [-0.15, -0.1) is 0 Å². The Labute approximate surface area is 102 Å². The van der Waals surface area contributed by atoms with Crippen molar-refractivity contribution in [3.8, 4) is 0 Å². The number of ether oxygens (including phenoxy) is 2. The van der Waals surface area contributed by atoms with E-state index in [0.717, 1.165) is 11.1 Å². The Morgan fingerprint density at radius 1 is 1.13 bits per heavy atom. The molecule has 0 fully saturated rings. The fourth-order valence-electron chi connectivity index (χ4n) is 1.25. The van der Waals surface area contributed by atoms with Gasteiger partial charge >= 0.3 is 0 Å². The van der Waals surface area contributed by atoms with Gasteiger partial charge in [0.15, 0.2) is 0 Å². The van der Waals surface area contributed by atoms with Gasteiger partial charge in [-0.25, -0.2) is 0 Å². The van der Waals surface area contributed by atoms with Gasteiger partial charge in [-0.1, -0.05) is 0 Å². The zero-order valence-electron chi connectivity index (χ0n) is 15.5. The van der Waals surface area contributed by atoms with Gasteiger partial charge in [0.2, 0.25) is 0 Å². The third-order valence-electron chi connectivity index (χ3n) is 3.03. The molecule has 0 heterocycles. The summed E-state index contributed by atoms with van der Waals surface area (Å²) in [6, 6.07) is 0. The normalized spacial score (nSPS) is 22.5. The molecule has 0 aromatic heterocycles. The predicted molar refractivity (Wildman–Crippen MR) is 65.2 cm³/mol. The van der Waals surface area contributed by atoms with Gasteiger partial charge in [0.1, 0.15) is 0 Å². The largest absolute Gasteiger partial charge is 0.374 e. The Hall–Kier alpha value is -0.340. The lowest BCUT2D eigenvalue weighted by molar-refractivity contribution is 0.0110. The molecule has 0 rings (SSSR count). The van der Waals surface area contributed by atoms with E-state index in [4.69, 9.17) is 16.3 Å². The fraction of sp³-hybridized carbons (Fsp3) is 0.846. The standard InChI is InChI=1S/C13H26O2/c1-9-15-13(6,7)11(3)10(2)12(4,5)14-8/h9H2,1-8H3/b11-10-/i1D2,8D2,9D. The number of methoxy groups -OCH3 is 1. The number of hydrogen-bond donors (Lipinski definition) is 0. The maximum absolute atomic E-state index is 7.57. The molecule has 0 saturated carbocycles. The van der Waals surface area contributed by atoms with E-state index in [0.29, 0.717) is 0 Å². The third-order valence-corrected chi connectivity index (χ3v) is 3.03. The Morgan fingerprint density at radius 3 is 2.13 bits per heavy atom. The van der Waals surface area contributed by atoms with E-state index in [1.54, 1.807) is 27.7 Å². The van der Waals surface area contributed by atoms with Crippen LogP contribution in [0.4, 0.5) is 0 Å². The Morgan fingerprint density at radius 2 is 1.67 bits per heavy atom. The molecule has 0 aliphatic rings. The first-order valence-corrected chi connectivity index (χ1v) is 4.96. The summed E-state index contributed by atoms with van der Waals surface area (Å²) < 4.78 is 47.1. The van der Waals surface area contributed by atoms with Gasteiger partial charge < -0.3 is 9.47 Å². The second-order valence-electron chi connectivity index (χ2n) is 4.64. The highest BCUT2D eigenvalue weighted by Gasteiger charge is 2.28. The zero-order valence-corrected chi connectivity index (χ0v) is 10.5. The molecule has 0 spiro atoms. The smallest absolute Gasteiger partial charge is 0.0836 e. The molecule has 2 nitrogen and oxygen atoms in total.